The molecule has 2 rings (SSSR count). The zero-order chi connectivity index (χ0) is 12.5. The van der Waals surface area contributed by atoms with Crippen molar-refractivity contribution in [2.24, 2.45) is 5.14 Å². The SMILES string of the molecule is NS(=O)(=O)NC[C@H]1COc2ccc(Cl)cc2O1.S. The molecule has 1 atom stereocenters. The van der Waals surface area contributed by atoms with E-state index in [0.717, 1.165) is 0 Å². The van der Waals surface area contributed by atoms with Gasteiger partial charge in [-0.2, -0.15) is 26.6 Å². The molecule has 102 valence electrons. The molecule has 1 aliphatic rings. The fraction of sp³-hybridized carbons (Fsp3) is 0.333. The van der Waals surface area contributed by atoms with E-state index in [-0.39, 0.29) is 26.6 Å². The van der Waals surface area contributed by atoms with Crippen LogP contribution in [0.15, 0.2) is 18.2 Å². The maximum Gasteiger partial charge on any atom is 0.274 e. The van der Waals surface area contributed by atoms with Crippen LogP contribution in [0.3, 0.4) is 0 Å². The fourth-order valence-electron chi connectivity index (χ4n) is 1.40. The number of benzene rings is 1. The summed E-state index contributed by atoms with van der Waals surface area (Å²) < 4.78 is 34.5. The number of halogens is 1. The Labute approximate surface area is 117 Å². The van der Waals surface area contributed by atoms with E-state index in [2.05, 4.69) is 4.72 Å². The summed E-state index contributed by atoms with van der Waals surface area (Å²) in [4.78, 5) is 0. The van der Waals surface area contributed by atoms with Gasteiger partial charge in [-0.15, -0.1) is 0 Å². The highest BCUT2D eigenvalue weighted by Crippen LogP contribution is 2.33. The van der Waals surface area contributed by atoms with Crippen LogP contribution < -0.4 is 19.3 Å². The van der Waals surface area contributed by atoms with Crippen LogP contribution in [-0.4, -0.2) is 27.7 Å². The van der Waals surface area contributed by atoms with Crippen LogP contribution in [-0.2, 0) is 10.2 Å². The summed E-state index contributed by atoms with van der Waals surface area (Å²) >= 11 is 5.81. The van der Waals surface area contributed by atoms with Gasteiger partial charge in [-0.25, -0.2) is 5.14 Å². The van der Waals surface area contributed by atoms with Crippen LogP contribution in [0.5, 0.6) is 11.5 Å². The van der Waals surface area contributed by atoms with Crippen molar-refractivity contribution in [2.75, 3.05) is 13.2 Å². The lowest BCUT2D eigenvalue weighted by Gasteiger charge is -2.26. The number of nitrogens with one attached hydrogen (secondary N) is 1. The molecule has 0 saturated carbocycles. The standard InChI is InChI=1S/C9H11ClN2O4S.H2S/c10-6-1-2-8-9(3-6)16-7(5-15-8)4-12-17(11,13)14;/h1-3,7,12H,4-5H2,(H2,11,13,14);1H2/t7-;/m0./s1. The zero-order valence-electron chi connectivity index (χ0n) is 9.22. The Bertz CT molecular complexity index is 523. The lowest BCUT2D eigenvalue weighted by atomic mass is 10.2. The Kier molecular flexibility index (Phi) is 5.11. The minimum Gasteiger partial charge on any atom is -0.486 e. The third-order valence-corrected chi connectivity index (χ3v) is 2.94. The van der Waals surface area contributed by atoms with Gasteiger partial charge >= 0.3 is 0 Å². The molecule has 0 unspecified atom stereocenters. The maximum absolute atomic E-state index is 10.7. The van der Waals surface area contributed by atoms with Crippen LogP contribution in [0, 0.1) is 0 Å². The van der Waals surface area contributed by atoms with E-state index in [1.807, 2.05) is 0 Å². The van der Waals surface area contributed by atoms with E-state index in [0.29, 0.717) is 16.5 Å². The molecule has 0 aromatic heterocycles. The van der Waals surface area contributed by atoms with Crippen LogP contribution >= 0.6 is 25.1 Å². The summed E-state index contributed by atoms with van der Waals surface area (Å²) in [5.74, 6) is 1.08. The summed E-state index contributed by atoms with van der Waals surface area (Å²) in [6.07, 6.45) is -0.431. The lowest BCUT2D eigenvalue weighted by Crippen LogP contribution is -2.42. The molecule has 0 saturated heterocycles. The number of nitrogens with two attached hydrogens (primary N) is 1. The van der Waals surface area contributed by atoms with Gasteiger partial charge in [0.15, 0.2) is 11.5 Å². The van der Waals surface area contributed by atoms with Crippen molar-refractivity contribution in [3.63, 3.8) is 0 Å². The van der Waals surface area contributed by atoms with Crippen molar-refractivity contribution in [1.29, 1.82) is 0 Å². The van der Waals surface area contributed by atoms with E-state index in [4.69, 9.17) is 26.2 Å². The lowest BCUT2D eigenvalue weighted by molar-refractivity contribution is 0.0943. The first-order valence-electron chi connectivity index (χ1n) is 4.80. The van der Waals surface area contributed by atoms with Gasteiger partial charge in [-0.3, -0.25) is 0 Å². The molecule has 0 fully saturated rings. The van der Waals surface area contributed by atoms with Gasteiger partial charge in [0.05, 0.1) is 6.54 Å². The number of fused-ring (bicyclic) bond motifs is 1. The predicted molar refractivity (Wildman–Crippen MR) is 72.9 cm³/mol. The molecule has 1 aromatic rings. The molecule has 1 aliphatic heterocycles. The second-order valence-corrected chi connectivity index (χ2v) is 5.35. The molecule has 0 aliphatic carbocycles. The Hall–Kier alpha value is -0.670. The molecular weight excluding hydrogens is 300 g/mol. The molecule has 18 heavy (non-hydrogen) atoms. The second kappa shape index (κ2) is 5.98. The average Bonchev–Trinajstić information content (AvgIpc) is 2.24. The molecule has 1 heterocycles. The maximum atomic E-state index is 10.7. The number of hydrogen-bond donors (Lipinski definition) is 2. The van der Waals surface area contributed by atoms with Gasteiger partial charge in [-0.1, -0.05) is 11.6 Å². The minimum absolute atomic E-state index is 0. The molecule has 1 aromatic carbocycles. The van der Waals surface area contributed by atoms with E-state index in [1.54, 1.807) is 18.2 Å². The first-order valence-corrected chi connectivity index (χ1v) is 6.73. The summed E-state index contributed by atoms with van der Waals surface area (Å²) in [6, 6.07) is 4.99. The van der Waals surface area contributed by atoms with Crippen LogP contribution in [0.1, 0.15) is 0 Å². The van der Waals surface area contributed by atoms with Gasteiger partial charge in [0.2, 0.25) is 0 Å². The summed E-state index contributed by atoms with van der Waals surface area (Å²) in [5.41, 5.74) is 0. The molecule has 0 spiro atoms. The monoisotopic (exact) mass is 312 g/mol. The third kappa shape index (κ3) is 4.21. The molecule has 3 N–H and O–H groups in total. The van der Waals surface area contributed by atoms with Gasteiger partial charge < -0.3 is 9.47 Å². The highest BCUT2D eigenvalue weighted by atomic mass is 35.5. The van der Waals surface area contributed by atoms with Crippen molar-refractivity contribution in [2.45, 2.75) is 6.10 Å². The van der Waals surface area contributed by atoms with Crippen molar-refractivity contribution in [1.82, 2.24) is 4.72 Å². The highest BCUT2D eigenvalue weighted by Gasteiger charge is 2.22. The third-order valence-electron chi connectivity index (χ3n) is 2.14. The van der Waals surface area contributed by atoms with E-state index in [1.165, 1.54) is 0 Å². The summed E-state index contributed by atoms with van der Waals surface area (Å²) in [5, 5.41) is 5.34. The smallest absolute Gasteiger partial charge is 0.274 e. The van der Waals surface area contributed by atoms with E-state index >= 15 is 0 Å². The largest absolute Gasteiger partial charge is 0.486 e. The Balaban J connectivity index is 0.00000162. The van der Waals surface area contributed by atoms with Crippen LogP contribution in [0.2, 0.25) is 5.02 Å². The Morgan fingerprint density at radius 2 is 2.17 bits per heavy atom. The van der Waals surface area contributed by atoms with Gasteiger partial charge in [0.25, 0.3) is 10.2 Å². The average molecular weight is 313 g/mol. The fourth-order valence-corrected chi connectivity index (χ4v) is 1.98. The number of rotatable bonds is 3. The molecule has 0 bridgehead atoms. The van der Waals surface area contributed by atoms with Crippen LogP contribution in [0.4, 0.5) is 0 Å². The molecule has 9 heteroatoms. The highest BCUT2D eigenvalue weighted by molar-refractivity contribution is 7.87. The van der Waals surface area contributed by atoms with Crippen molar-refractivity contribution < 1.29 is 17.9 Å². The van der Waals surface area contributed by atoms with Crippen molar-refractivity contribution in [3.05, 3.63) is 23.2 Å². The zero-order valence-corrected chi connectivity index (χ0v) is 11.8. The van der Waals surface area contributed by atoms with Gasteiger partial charge in [0, 0.05) is 11.1 Å². The number of hydrogen-bond acceptors (Lipinski definition) is 4. The van der Waals surface area contributed by atoms with Crippen LogP contribution in [0.25, 0.3) is 0 Å². The minimum atomic E-state index is -3.72. The molecular formula is C9H13ClN2O4S2. The molecule has 6 nitrogen and oxygen atoms in total. The van der Waals surface area contributed by atoms with Crippen molar-refractivity contribution >= 4 is 35.3 Å². The number of ether oxygens (including phenoxy) is 2. The van der Waals surface area contributed by atoms with E-state index < -0.39 is 16.3 Å². The predicted octanol–water partition coefficient (Wildman–Crippen LogP) is 0.386. The second-order valence-electron chi connectivity index (χ2n) is 3.54. The molecule has 0 amide bonds. The molecule has 0 radical (unpaired) electrons. The topological polar surface area (TPSA) is 90.7 Å². The normalized spacial score (nSPS) is 18.0. The Morgan fingerprint density at radius 3 is 2.83 bits per heavy atom. The quantitative estimate of drug-likeness (QED) is 0.844. The van der Waals surface area contributed by atoms with Gasteiger partial charge in [0.1, 0.15) is 12.7 Å². The first kappa shape index (κ1) is 15.4. The summed E-state index contributed by atoms with van der Waals surface area (Å²) in [7, 11) is -3.72. The first-order chi connectivity index (χ1) is 7.94. The van der Waals surface area contributed by atoms with E-state index in [9.17, 15) is 8.42 Å². The van der Waals surface area contributed by atoms with Crippen molar-refractivity contribution in [3.8, 4) is 11.5 Å². The van der Waals surface area contributed by atoms with Gasteiger partial charge in [-0.05, 0) is 12.1 Å². The Morgan fingerprint density at radius 1 is 1.44 bits per heavy atom. The summed E-state index contributed by atoms with van der Waals surface area (Å²) in [6.45, 7) is 0.294.